The van der Waals surface area contributed by atoms with Gasteiger partial charge in [-0.15, -0.1) is 11.3 Å². The van der Waals surface area contributed by atoms with Gasteiger partial charge in [-0.25, -0.2) is 0 Å². The highest BCUT2D eigenvalue weighted by atomic mass is 32.1. The molecule has 6 heteroatoms. The molecule has 0 bridgehead atoms. The monoisotopic (exact) mass is 383 g/mol. The number of benzene rings is 1. The van der Waals surface area contributed by atoms with Gasteiger partial charge in [0.25, 0.3) is 5.91 Å². The van der Waals surface area contributed by atoms with Crippen LogP contribution in [0.2, 0.25) is 0 Å². The van der Waals surface area contributed by atoms with E-state index >= 15 is 0 Å². The number of fused-ring (bicyclic) bond motifs is 1. The molecule has 0 unspecified atom stereocenters. The van der Waals surface area contributed by atoms with Gasteiger partial charge in [-0.2, -0.15) is 0 Å². The number of hydrogen-bond donors (Lipinski definition) is 0. The molecule has 140 valence electrons. The third-order valence-electron chi connectivity index (χ3n) is 4.76. The molecule has 0 saturated carbocycles. The predicted octanol–water partition coefficient (Wildman–Crippen LogP) is 3.98. The van der Waals surface area contributed by atoms with Crippen LogP contribution in [-0.2, 0) is 11.3 Å². The summed E-state index contributed by atoms with van der Waals surface area (Å²) in [6.07, 6.45) is 1.98. The Bertz CT molecular complexity index is 1000. The summed E-state index contributed by atoms with van der Waals surface area (Å²) >= 11 is 1.60. The molecule has 1 aliphatic rings. The smallest absolute Gasteiger partial charge is 0.290 e. The van der Waals surface area contributed by atoms with Crippen molar-refractivity contribution in [3.8, 4) is 0 Å². The van der Waals surface area contributed by atoms with Crippen molar-refractivity contribution in [1.29, 1.82) is 0 Å². The van der Waals surface area contributed by atoms with Crippen LogP contribution in [0.15, 0.2) is 51.0 Å². The molecule has 1 amide bonds. The molecule has 0 N–H and O–H groups in total. The summed E-state index contributed by atoms with van der Waals surface area (Å²) in [5.74, 6) is -0.202. The molecule has 1 saturated heterocycles. The van der Waals surface area contributed by atoms with Crippen LogP contribution >= 0.6 is 11.3 Å². The zero-order valence-corrected chi connectivity index (χ0v) is 16.0. The quantitative estimate of drug-likeness (QED) is 0.669. The standard InChI is InChI=1S/C21H21NO4S/c1-14-6-7-17-18(23)11-20(26-19(17)10-14)21(24)22(12-15-4-2-8-25-15)13-16-5-3-9-27-16/h3,5-7,9-11,15H,2,4,8,12-13H2,1H3/t15-/m0/s1. The Morgan fingerprint density at radius 2 is 2.19 bits per heavy atom. The third-order valence-corrected chi connectivity index (χ3v) is 5.62. The highest BCUT2D eigenvalue weighted by Crippen LogP contribution is 2.21. The minimum Gasteiger partial charge on any atom is -0.451 e. The normalized spacial score (nSPS) is 16.7. The van der Waals surface area contributed by atoms with Crippen molar-refractivity contribution in [2.24, 2.45) is 0 Å². The average molecular weight is 383 g/mol. The number of carbonyl (C=O) groups excluding carboxylic acids is 1. The zero-order chi connectivity index (χ0) is 18.8. The summed E-state index contributed by atoms with van der Waals surface area (Å²) in [5, 5.41) is 2.48. The minimum atomic E-state index is -0.278. The van der Waals surface area contributed by atoms with Gasteiger partial charge < -0.3 is 14.1 Å². The molecule has 4 rings (SSSR count). The SMILES string of the molecule is Cc1ccc2c(=O)cc(C(=O)N(Cc3cccs3)C[C@@H]3CCCO3)oc2c1. The lowest BCUT2D eigenvalue weighted by Gasteiger charge is -2.24. The Hall–Kier alpha value is -2.44. The first-order valence-electron chi connectivity index (χ1n) is 9.08. The second kappa shape index (κ2) is 7.66. The Morgan fingerprint density at radius 3 is 2.93 bits per heavy atom. The fourth-order valence-electron chi connectivity index (χ4n) is 3.37. The number of hydrogen-bond acceptors (Lipinski definition) is 5. The first-order valence-corrected chi connectivity index (χ1v) is 9.96. The lowest BCUT2D eigenvalue weighted by atomic mass is 10.1. The van der Waals surface area contributed by atoms with Crippen molar-refractivity contribution < 1.29 is 13.9 Å². The van der Waals surface area contributed by atoms with Crippen LogP contribution in [0.4, 0.5) is 0 Å². The number of nitrogens with zero attached hydrogens (tertiary/aromatic N) is 1. The van der Waals surface area contributed by atoms with Crippen LogP contribution in [0.1, 0.15) is 33.8 Å². The summed E-state index contributed by atoms with van der Waals surface area (Å²) in [6.45, 7) is 3.63. The van der Waals surface area contributed by atoms with Crippen LogP contribution in [0.25, 0.3) is 11.0 Å². The molecular formula is C21H21NO4S. The Balaban J connectivity index is 1.67. The van der Waals surface area contributed by atoms with E-state index in [0.717, 1.165) is 29.9 Å². The van der Waals surface area contributed by atoms with Gasteiger partial charge in [-0.1, -0.05) is 12.1 Å². The first-order chi connectivity index (χ1) is 13.1. The van der Waals surface area contributed by atoms with Gasteiger partial charge in [-0.3, -0.25) is 9.59 Å². The molecule has 0 spiro atoms. The van der Waals surface area contributed by atoms with E-state index < -0.39 is 0 Å². The van der Waals surface area contributed by atoms with E-state index in [1.807, 2.05) is 30.5 Å². The third kappa shape index (κ3) is 3.96. The van der Waals surface area contributed by atoms with E-state index in [1.54, 1.807) is 28.4 Å². The number of rotatable bonds is 5. The summed E-state index contributed by atoms with van der Waals surface area (Å²) in [6, 6.07) is 10.7. The van der Waals surface area contributed by atoms with Gasteiger partial charge in [0.1, 0.15) is 5.58 Å². The topological polar surface area (TPSA) is 59.8 Å². The van der Waals surface area contributed by atoms with E-state index in [-0.39, 0.29) is 23.2 Å². The Kier molecular flexibility index (Phi) is 5.09. The highest BCUT2D eigenvalue weighted by Gasteiger charge is 2.26. The number of amides is 1. The maximum atomic E-state index is 13.2. The van der Waals surface area contributed by atoms with Crippen LogP contribution in [-0.4, -0.2) is 30.1 Å². The van der Waals surface area contributed by atoms with E-state index in [9.17, 15) is 9.59 Å². The van der Waals surface area contributed by atoms with E-state index in [4.69, 9.17) is 9.15 Å². The van der Waals surface area contributed by atoms with Crippen molar-refractivity contribution in [2.45, 2.75) is 32.4 Å². The Labute approximate surface area is 161 Å². The molecule has 1 fully saturated rings. The van der Waals surface area contributed by atoms with Crippen molar-refractivity contribution in [2.75, 3.05) is 13.2 Å². The molecule has 27 heavy (non-hydrogen) atoms. The van der Waals surface area contributed by atoms with Crippen LogP contribution in [0.3, 0.4) is 0 Å². The second-order valence-corrected chi connectivity index (χ2v) is 7.91. The van der Waals surface area contributed by atoms with Crippen molar-refractivity contribution in [3.63, 3.8) is 0 Å². The maximum absolute atomic E-state index is 13.2. The van der Waals surface area contributed by atoms with Gasteiger partial charge in [-0.05, 0) is 48.9 Å². The van der Waals surface area contributed by atoms with Crippen molar-refractivity contribution in [1.82, 2.24) is 4.90 Å². The number of aryl methyl sites for hydroxylation is 1. The van der Waals surface area contributed by atoms with Crippen LogP contribution in [0, 0.1) is 6.92 Å². The minimum absolute atomic E-state index is 0.0309. The van der Waals surface area contributed by atoms with Gasteiger partial charge in [0.05, 0.1) is 18.0 Å². The molecule has 3 aromatic rings. The average Bonchev–Trinajstić information content (AvgIpc) is 3.34. The van der Waals surface area contributed by atoms with Gasteiger partial charge >= 0.3 is 0 Å². The zero-order valence-electron chi connectivity index (χ0n) is 15.1. The molecular weight excluding hydrogens is 362 g/mol. The molecule has 1 aliphatic heterocycles. The fourth-order valence-corrected chi connectivity index (χ4v) is 4.09. The summed E-state index contributed by atoms with van der Waals surface area (Å²) in [7, 11) is 0. The van der Waals surface area contributed by atoms with Crippen molar-refractivity contribution >= 4 is 28.2 Å². The van der Waals surface area contributed by atoms with Gasteiger partial charge in [0, 0.05) is 24.1 Å². The summed E-state index contributed by atoms with van der Waals surface area (Å²) in [5.41, 5.74) is 1.22. The van der Waals surface area contributed by atoms with Gasteiger partial charge in [0.15, 0.2) is 11.2 Å². The lowest BCUT2D eigenvalue weighted by Crippen LogP contribution is -2.37. The maximum Gasteiger partial charge on any atom is 0.290 e. The Morgan fingerprint density at radius 1 is 1.30 bits per heavy atom. The van der Waals surface area contributed by atoms with Crippen LogP contribution < -0.4 is 5.43 Å². The second-order valence-electron chi connectivity index (χ2n) is 6.87. The van der Waals surface area contributed by atoms with E-state index in [1.165, 1.54) is 6.07 Å². The van der Waals surface area contributed by atoms with Gasteiger partial charge in [0.2, 0.25) is 0 Å². The highest BCUT2D eigenvalue weighted by molar-refractivity contribution is 7.09. The molecule has 0 radical (unpaired) electrons. The number of thiophene rings is 1. The van der Waals surface area contributed by atoms with Crippen molar-refractivity contribution in [3.05, 3.63) is 68.2 Å². The first kappa shape index (κ1) is 17.9. The number of ether oxygens (including phenoxy) is 1. The fraction of sp³-hybridized carbons (Fsp3) is 0.333. The lowest BCUT2D eigenvalue weighted by molar-refractivity contribution is 0.0486. The summed E-state index contributed by atoms with van der Waals surface area (Å²) in [4.78, 5) is 28.4. The molecule has 3 heterocycles. The van der Waals surface area contributed by atoms with E-state index in [2.05, 4.69) is 0 Å². The largest absolute Gasteiger partial charge is 0.451 e. The van der Waals surface area contributed by atoms with E-state index in [0.29, 0.717) is 24.1 Å². The molecule has 5 nitrogen and oxygen atoms in total. The molecule has 0 aliphatic carbocycles. The molecule has 1 aromatic carbocycles. The predicted molar refractivity (Wildman–Crippen MR) is 105 cm³/mol. The number of carbonyl (C=O) groups is 1. The summed E-state index contributed by atoms with van der Waals surface area (Å²) < 4.78 is 11.5. The molecule has 2 aromatic heterocycles. The molecule has 1 atom stereocenters. The van der Waals surface area contributed by atoms with Crippen LogP contribution in [0.5, 0.6) is 0 Å².